The molecule has 1 fully saturated rings. The predicted molar refractivity (Wildman–Crippen MR) is 107 cm³/mol. The minimum atomic E-state index is -0.455. The number of nitrogens with zero attached hydrogens (tertiary/aromatic N) is 5. The molecule has 144 valence electrons. The van der Waals surface area contributed by atoms with Gasteiger partial charge in [-0.05, 0) is 17.7 Å². The quantitative estimate of drug-likeness (QED) is 0.358. The van der Waals surface area contributed by atoms with E-state index in [1.165, 1.54) is 23.5 Å². The van der Waals surface area contributed by atoms with Gasteiger partial charge in [-0.3, -0.25) is 14.7 Å². The molecule has 9 heteroatoms. The number of rotatable bonds is 6. The number of morpholine rings is 1. The molecule has 0 atom stereocenters. The molecule has 0 amide bonds. The van der Waals surface area contributed by atoms with Crippen molar-refractivity contribution in [1.82, 2.24) is 14.5 Å². The molecule has 0 aliphatic carbocycles. The van der Waals surface area contributed by atoms with Gasteiger partial charge in [0.15, 0.2) is 5.16 Å². The van der Waals surface area contributed by atoms with Crippen LogP contribution in [0, 0.1) is 10.1 Å². The molecule has 1 aliphatic heterocycles. The third-order valence-electron chi connectivity index (χ3n) is 4.50. The number of imidazole rings is 1. The lowest BCUT2D eigenvalue weighted by atomic mass is 10.1. The maximum atomic E-state index is 10.8. The summed E-state index contributed by atoms with van der Waals surface area (Å²) in [6, 6.07) is 11.5. The average Bonchev–Trinajstić information content (AvgIpc) is 3.22. The number of aromatic nitrogens is 3. The molecule has 1 saturated heterocycles. The van der Waals surface area contributed by atoms with Gasteiger partial charge in [0.05, 0.1) is 18.1 Å². The Kier molecular flexibility index (Phi) is 5.54. The minimum Gasteiger partial charge on any atom is -0.378 e. The molecular weight excluding hydrogens is 378 g/mol. The molecule has 0 bridgehead atoms. The van der Waals surface area contributed by atoms with Crippen LogP contribution in [-0.4, -0.2) is 45.8 Å². The fourth-order valence-electron chi connectivity index (χ4n) is 3.09. The van der Waals surface area contributed by atoms with E-state index >= 15 is 0 Å². The molecule has 1 aliphatic rings. The molecule has 1 aromatic carbocycles. The van der Waals surface area contributed by atoms with Crippen molar-refractivity contribution in [2.24, 2.45) is 0 Å². The monoisotopic (exact) mass is 397 g/mol. The number of anilines is 1. The van der Waals surface area contributed by atoms with Gasteiger partial charge >= 0.3 is 0 Å². The van der Waals surface area contributed by atoms with E-state index in [9.17, 15) is 10.1 Å². The van der Waals surface area contributed by atoms with Crippen LogP contribution in [-0.2, 0) is 10.5 Å². The average molecular weight is 397 g/mol. The SMILES string of the molecule is O=[N+]([O-])c1ccc(-n2ccnc2SCc2ccccc2N2CCOCC2)nc1. The Balaban J connectivity index is 1.51. The normalized spacial score (nSPS) is 14.2. The molecule has 2 aromatic heterocycles. The van der Waals surface area contributed by atoms with Crippen molar-refractivity contribution in [3.8, 4) is 5.82 Å². The zero-order chi connectivity index (χ0) is 19.3. The summed E-state index contributed by atoms with van der Waals surface area (Å²) < 4.78 is 7.30. The molecule has 28 heavy (non-hydrogen) atoms. The summed E-state index contributed by atoms with van der Waals surface area (Å²) in [7, 11) is 0. The highest BCUT2D eigenvalue weighted by atomic mass is 32.2. The first-order valence-corrected chi connectivity index (χ1v) is 9.88. The Hall–Kier alpha value is -2.91. The van der Waals surface area contributed by atoms with Gasteiger partial charge in [-0.1, -0.05) is 30.0 Å². The summed E-state index contributed by atoms with van der Waals surface area (Å²) in [5.41, 5.74) is 2.43. The van der Waals surface area contributed by atoms with Crippen molar-refractivity contribution >= 4 is 23.1 Å². The summed E-state index contributed by atoms with van der Waals surface area (Å²) in [6.45, 7) is 3.28. The van der Waals surface area contributed by atoms with Gasteiger partial charge in [0.2, 0.25) is 0 Å². The van der Waals surface area contributed by atoms with Crippen molar-refractivity contribution in [1.29, 1.82) is 0 Å². The van der Waals surface area contributed by atoms with E-state index in [1.807, 2.05) is 16.8 Å². The van der Waals surface area contributed by atoms with Crippen LogP contribution in [0.3, 0.4) is 0 Å². The zero-order valence-electron chi connectivity index (χ0n) is 15.1. The number of benzene rings is 1. The molecule has 8 nitrogen and oxygen atoms in total. The van der Waals surface area contributed by atoms with Crippen LogP contribution < -0.4 is 4.90 Å². The van der Waals surface area contributed by atoms with Crippen LogP contribution in [0.1, 0.15) is 5.56 Å². The van der Waals surface area contributed by atoms with E-state index < -0.39 is 4.92 Å². The lowest BCUT2D eigenvalue weighted by Gasteiger charge is -2.30. The minimum absolute atomic E-state index is 0.0301. The van der Waals surface area contributed by atoms with Crippen LogP contribution in [0.4, 0.5) is 11.4 Å². The lowest BCUT2D eigenvalue weighted by Crippen LogP contribution is -2.36. The van der Waals surface area contributed by atoms with Crippen LogP contribution in [0.15, 0.2) is 60.1 Å². The summed E-state index contributed by atoms with van der Waals surface area (Å²) in [4.78, 5) is 21.3. The number of hydrogen-bond donors (Lipinski definition) is 0. The molecule has 0 unspecified atom stereocenters. The van der Waals surface area contributed by atoms with Gasteiger partial charge in [0.1, 0.15) is 12.0 Å². The number of ether oxygens (including phenoxy) is 1. The van der Waals surface area contributed by atoms with E-state index in [0.29, 0.717) is 5.82 Å². The van der Waals surface area contributed by atoms with Gasteiger partial charge in [-0.25, -0.2) is 9.97 Å². The standard InChI is InChI=1S/C19H19N5O3S/c25-24(26)16-5-6-18(21-13-16)23-8-7-20-19(23)28-14-15-3-1-2-4-17(15)22-9-11-27-12-10-22/h1-8,13H,9-12,14H2. The Labute approximate surface area is 166 Å². The summed E-state index contributed by atoms with van der Waals surface area (Å²) in [5, 5.41) is 11.6. The zero-order valence-corrected chi connectivity index (χ0v) is 15.9. The van der Waals surface area contributed by atoms with Crippen LogP contribution >= 0.6 is 11.8 Å². The van der Waals surface area contributed by atoms with Gasteiger partial charge in [0, 0.05) is 43.0 Å². The largest absolute Gasteiger partial charge is 0.378 e. The molecule has 0 spiro atoms. The van der Waals surface area contributed by atoms with Crippen molar-refractivity contribution in [2.75, 3.05) is 31.2 Å². The number of hydrogen-bond acceptors (Lipinski definition) is 7. The van der Waals surface area contributed by atoms with Crippen molar-refractivity contribution in [3.63, 3.8) is 0 Å². The van der Waals surface area contributed by atoms with E-state index in [0.717, 1.165) is 37.2 Å². The summed E-state index contributed by atoms with van der Waals surface area (Å²) in [6.07, 6.45) is 4.78. The molecule has 3 aromatic rings. The van der Waals surface area contributed by atoms with Crippen molar-refractivity contribution in [2.45, 2.75) is 10.9 Å². The Morgan fingerprint density at radius 1 is 1.14 bits per heavy atom. The highest BCUT2D eigenvalue weighted by molar-refractivity contribution is 7.98. The van der Waals surface area contributed by atoms with E-state index in [4.69, 9.17) is 4.74 Å². The molecule has 0 saturated carbocycles. The second kappa shape index (κ2) is 8.41. The first-order valence-electron chi connectivity index (χ1n) is 8.90. The first-order chi connectivity index (χ1) is 13.7. The third-order valence-corrected chi connectivity index (χ3v) is 5.51. The number of thioether (sulfide) groups is 1. The lowest BCUT2D eigenvalue weighted by molar-refractivity contribution is -0.385. The van der Waals surface area contributed by atoms with Gasteiger partial charge in [-0.2, -0.15) is 0 Å². The van der Waals surface area contributed by atoms with Gasteiger partial charge < -0.3 is 9.64 Å². The Bertz CT molecular complexity index is 954. The Morgan fingerprint density at radius 2 is 1.96 bits per heavy atom. The fourth-order valence-corrected chi connectivity index (χ4v) is 4.05. The number of pyridine rings is 1. The van der Waals surface area contributed by atoms with Gasteiger partial charge in [-0.15, -0.1) is 0 Å². The molecular formula is C19H19N5O3S. The summed E-state index contributed by atoms with van der Waals surface area (Å²) >= 11 is 1.61. The number of para-hydroxylation sites is 1. The fraction of sp³-hybridized carbons (Fsp3) is 0.263. The van der Waals surface area contributed by atoms with E-state index in [2.05, 4.69) is 33.1 Å². The highest BCUT2D eigenvalue weighted by Crippen LogP contribution is 2.29. The number of nitro groups is 1. The maximum absolute atomic E-state index is 10.8. The van der Waals surface area contributed by atoms with Crippen molar-refractivity contribution in [3.05, 3.63) is 70.7 Å². The molecule has 0 radical (unpaired) electrons. The molecule has 4 rings (SSSR count). The Morgan fingerprint density at radius 3 is 2.71 bits per heavy atom. The van der Waals surface area contributed by atoms with Crippen LogP contribution in [0.2, 0.25) is 0 Å². The molecule has 0 N–H and O–H groups in total. The van der Waals surface area contributed by atoms with Crippen LogP contribution in [0.25, 0.3) is 5.82 Å². The second-order valence-corrected chi connectivity index (χ2v) is 7.17. The van der Waals surface area contributed by atoms with Crippen LogP contribution in [0.5, 0.6) is 0 Å². The van der Waals surface area contributed by atoms with E-state index in [1.54, 1.807) is 24.0 Å². The predicted octanol–water partition coefficient (Wildman–Crippen LogP) is 3.30. The van der Waals surface area contributed by atoms with E-state index in [-0.39, 0.29) is 5.69 Å². The molecule has 3 heterocycles. The second-order valence-electron chi connectivity index (χ2n) is 6.23. The topological polar surface area (TPSA) is 86.3 Å². The third kappa shape index (κ3) is 4.00. The van der Waals surface area contributed by atoms with Crippen molar-refractivity contribution < 1.29 is 9.66 Å². The first kappa shape index (κ1) is 18.5. The highest BCUT2D eigenvalue weighted by Gasteiger charge is 2.16. The maximum Gasteiger partial charge on any atom is 0.287 e. The summed E-state index contributed by atoms with van der Waals surface area (Å²) in [5.74, 6) is 1.37. The smallest absolute Gasteiger partial charge is 0.287 e. The van der Waals surface area contributed by atoms with Gasteiger partial charge in [0.25, 0.3) is 5.69 Å².